The first-order valence-electron chi connectivity index (χ1n) is 7.85. The molecule has 0 fully saturated rings. The normalized spacial score (nSPS) is 12.9. The minimum atomic E-state index is -0.831. The van der Waals surface area contributed by atoms with Crippen LogP contribution in [0.1, 0.15) is 17.2 Å². The van der Waals surface area contributed by atoms with E-state index in [2.05, 4.69) is 5.32 Å². The zero-order valence-corrected chi connectivity index (χ0v) is 14.3. The summed E-state index contributed by atoms with van der Waals surface area (Å²) in [4.78, 5) is 24.3. The maximum atomic E-state index is 12.5. The summed E-state index contributed by atoms with van der Waals surface area (Å²) < 4.78 is 10.4. The van der Waals surface area contributed by atoms with Crippen molar-refractivity contribution in [1.29, 1.82) is 0 Å². The van der Waals surface area contributed by atoms with E-state index >= 15 is 0 Å². The van der Waals surface area contributed by atoms with Crippen molar-refractivity contribution in [2.75, 3.05) is 14.2 Å². The van der Waals surface area contributed by atoms with Crippen LogP contribution in [0, 0.1) is 0 Å². The second-order valence-electron chi connectivity index (χ2n) is 5.54. The zero-order chi connectivity index (χ0) is 18.2. The SMILES string of the molecule is COc1ccc(C[C@H](NC(=O)[C@H](OC)c2ccccc2)C(N)=O)cc1. The van der Waals surface area contributed by atoms with Crippen molar-refractivity contribution in [1.82, 2.24) is 5.32 Å². The van der Waals surface area contributed by atoms with E-state index in [1.165, 1.54) is 7.11 Å². The number of amides is 2. The number of hydrogen-bond acceptors (Lipinski definition) is 4. The van der Waals surface area contributed by atoms with Gasteiger partial charge in [0.1, 0.15) is 11.8 Å². The molecular weight excluding hydrogens is 320 g/mol. The molecule has 0 unspecified atom stereocenters. The van der Waals surface area contributed by atoms with E-state index in [0.29, 0.717) is 11.3 Å². The van der Waals surface area contributed by atoms with Gasteiger partial charge in [-0.3, -0.25) is 9.59 Å². The molecule has 0 aliphatic heterocycles. The first kappa shape index (κ1) is 18.5. The first-order valence-corrected chi connectivity index (χ1v) is 7.85. The van der Waals surface area contributed by atoms with Crippen molar-refractivity contribution >= 4 is 11.8 Å². The largest absolute Gasteiger partial charge is 0.497 e. The van der Waals surface area contributed by atoms with Gasteiger partial charge in [0.2, 0.25) is 5.91 Å². The molecule has 6 heteroatoms. The van der Waals surface area contributed by atoms with Crippen LogP contribution in [-0.2, 0) is 20.7 Å². The molecule has 0 saturated heterocycles. The fourth-order valence-electron chi connectivity index (χ4n) is 2.49. The molecule has 0 aliphatic rings. The van der Waals surface area contributed by atoms with Crippen molar-refractivity contribution in [3.05, 3.63) is 65.7 Å². The Hall–Kier alpha value is -2.86. The van der Waals surface area contributed by atoms with E-state index in [-0.39, 0.29) is 6.42 Å². The summed E-state index contributed by atoms with van der Waals surface area (Å²) in [6.07, 6.45) is -0.519. The predicted octanol–water partition coefficient (Wildman–Crippen LogP) is 1.60. The van der Waals surface area contributed by atoms with Crippen molar-refractivity contribution < 1.29 is 19.1 Å². The molecule has 0 aromatic heterocycles. The van der Waals surface area contributed by atoms with E-state index in [4.69, 9.17) is 15.2 Å². The number of methoxy groups -OCH3 is 2. The molecular formula is C19H22N2O4. The van der Waals surface area contributed by atoms with Crippen LogP contribution in [0.3, 0.4) is 0 Å². The lowest BCUT2D eigenvalue weighted by molar-refractivity contribution is -0.134. The standard InChI is InChI=1S/C19H22N2O4/c1-24-15-10-8-13(9-11-15)12-16(18(20)22)21-19(23)17(25-2)14-6-4-3-5-7-14/h3-11,16-17H,12H2,1-2H3,(H2,20,22)(H,21,23)/t16-,17+/m0/s1. The van der Waals surface area contributed by atoms with Gasteiger partial charge in [0, 0.05) is 13.5 Å². The summed E-state index contributed by atoms with van der Waals surface area (Å²) >= 11 is 0. The summed E-state index contributed by atoms with van der Waals surface area (Å²) in [6, 6.07) is 15.5. The van der Waals surface area contributed by atoms with Crippen molar-refractivity contribution in [3.63, 3.8) is 0 Å². The number of nitrogens with one attached hydrogen (secondary N) is 1. The van der Waals surface area contributed by atoms with Gasteiger partial charge in [0.15, 0.2) is 6.10 Å². The predicted molar refractivity (Wildman–Crippen MR) is 94.0 cm³/mol. The van der Waals surface area contributed by atoms with Crippen LogP contribution in [0.15, 0.2) is 54.6 Å². The summed E-state index contributed by atoms with van der Waals surface area (Å²) in [7, 11) is 3.02. The molecule has 0 bridgehead atoms. The number of primary amides is 1. The van der Waals surface area contributed by atoms with Gasteiger partial charge >= 0.3 is 0 Å². The molecule has 25 heavy (non-hydrogen) atoms. The Morgan fingerprint density at radius 2 is 1.68 bits per heavy atom. The molecule has 132 valence electrons. The Balaban J connectivity index is 2.09. The lowest BCUT2D eigenvalue weighted by Crippen LogP contribution is -2.47. The van der Waals surface area contributed by atoms with Crippen LogP contribution in [0.2, 0.25) is 0 Å². The molecule has 6 nitrogen and oxygen atoms in total. The van der Waals surface area contributed by atoms with E-state index in [1.54, 1.807) is 31.4 Å². The second kappa shape index (κ2) is 8.84. The van der Waals surface area contributed by atoms with Crippen LogP contribution in [0.4, 0.5) is 0 Å². The molecule has 2 atom stereocenters. The zero-order valence-electron chi connectivity index (χ0n) is 14.3. The third-order valence-corrected chi connectivity index (χ3v) is 3.83. The van der Waals surface area contributed by atoms with Crippen LogP contribution in [-0.4, -0.2) is 32.1 Å². The van der Waals surface area contributed by atoms with Gasteiger partial charge < -0.3 is 20.5 Å². The molecule has 2 amide bonds. The third-order valence-electron chi connectivity index (χ3n) is 3.83. The van der Waals surface area contributed by atoms with Gasteiger partial charge in [-0.25, -0.2) is 0 Å². The fraction of sp³-hybridized carbons (Fsp3) is 0.263. The number of rotatable bonds is 8. The Bertz CT molecular complexity index is 701. The van der Waals surface area contributed by atoms with Gasteiger partial charge in [-0.05, 0) is 23.3 Å². The van der Waals surface area contributed by atoms with Gasteiger partial charge in [-0.1, -0.05) is 42.5 Å². The number of nitrogens with two attached hydrogens (primary N) is 1. The second-order valence-corrected chi connectivity index (χ2v) is 5.54. The van der Waals surface area contributed by atoms with Crippen molar-refractivity contribution in [2.45, 2.75) is 18.6 Å². The molecule has 0 aliphatic carbocycles. The minimum Gasteiger partial charge on any atom is -0.497 e. The molecule has 2 rings (SSSR count). The monoisotopic (exact) mass is 342 g/mol. The molecule has 3 N–H and O–H groups in total. The summed E-state index contributed by atoms with van der Waals surface area (Å²) in [5.41, 5.74) is 7.01. The van der Waals surface area contributed by atoms with E-state index in [0.717, 1.165) is 5.56 Å². The highest BCUT2D eigenvalue weighted by Crippen LogP contribution is 2.17. The molecule has 0 heterocycles. The smallest absolute Gasteiger partial charge is 0.254 e. The molecule has 2 aromatic carbocycles. The number of ether oxygens (including phenoxy) is 2. The third kappa shape index (κ3) is 5.06. The molecule has 0 radical (unpaired) electrons. The van der Waals surface area contributed by atoms with Crippen LogP contribution < -0.4 is 15.8 Å². The maximum absolute atomic E-state index is 12.5. The Kier molecular flexibility index (Phi) is 6.54. The molecule has 0 spiro atoms. The van der Waals surface area contributed by atoms with Crippen LogP contribution >= 0.6 is 0 Å². The summed E-state index contributed by atoms with van der Waals surface area (Å²) in [6.45, 7) is 0. The summed E-state index contributed by atoms with van der Waals surface area (Å²) in [5.74, 6) is -0.301. The highest BCUT2D eigenvalue weighted by atomic mass is 16.5. The van der Waals surface area contributed by atoms with Crippen LogP contribution in [0.25, 0.3) is 0 Å². The highest BCUT2D eigenvalue weighted by Gasteiger charge is 2.25. The fourth-order valence-corrected chi connectivity index (χ4v) is 2.49. The van der Waals surface area contributed by atoms with Crippen LogP contribution in [0.5, 0.6) is 5.75 Å². The average Bonchev–Trinajstić information content (AvgIpc) is 2.63. The minimum absolute atomic E-state index is 0.288. The Labute approximate surface area is 146 Å². The lowest BCUT2D eigenvalue weighted by Gasteiger charge is -2.20. The Morgan fingerprint density at radius 3 is 2.20 bits per heavy atom. The topological polar surface area (TPSA) is 90.7 Å². The number of benzene rings is 2. The van der Waals surface area contributed by atoms with Gasteiger partial charge in [0.25, 0.3) is 5.91 Å². The van der Waals surface area contributed by atoms with E-state index in [1.807, 2.05) is 30.3 Å². The van der Waals surface area contributed by atoms with Crippen molar-refractivity contribution in [2.24, 2.45) is 5.73 Å². The number of carbonyl (C=O) groups excluding carboxylic acids is 2. The Morgan fingerprint density at radius 1 is 1.04 bits per heavy atom. The lowest BCUT2D eigenvalue weighted by atomic mass is 10.0. The highest BCUT2D eigenvalue weighted by molar-refractivity contribution is 5.89. The summed E-state index contributed by atoms with van der Waals surface area (Å²) in [5, 5.41) is 2.67. The number of carbonyl (C=O) groups is 2. The van der Waals surface area contributed by atoms with Crippen molar-refractivity contribution in [3.8, 4) is 5.75 Å². The quantitative estimate of drug-likeness (QED) is 0.762. The molecule has 0 saturated carbocycles. The average molecular weight is 342 g/mol. The maximum Gasteiger partial charge on any atom is 0.254 e. The molecule has 2 aromatic rings. The van der Waals surface area contributed by atoms with E-state index < -0.39 is 24.0 Å². The number of hydrogen-bond donors (Lipinski definition) is 2. The van der Waals surface area contributed by atoms with Gasteiger partial charge in [-0.2, -0.15) is 0 Å². The van der Waals surface area contributed by atoms with Gasteiger partial charge in [0.05, 0.1) is 7.11 Å². The first-order chi connectivity index (χ1) is 12.0. The van der Waals surface area contributed by atoms with Gasteiger partial charge in [-0.15, -0.1) is 0 Å². The van der Waals surface area contributed by atoms with E-state index in [9.17, 15) is 9.59 Å².